The number of hydrogen-bond acceptors (Lipinski definition) is 2. The van der Waals surface area contributed by atoms with Gasteiger partial charge < -0.3 is 10.6 Å². The molecule has 0 bridgehead atoms. The fraction of sp³-hybridized carbons (Fsp3) is 0.222. The summed E-state index contributed by atoms with van der Waals surface area (Å²) in [6.45, 7) is 0. The van der Waals surface area contributed by atoms with E-state index in [0.717, 1.165) is 37.1 Å². The number of carbonyl (C=O) groups is 2. The van der Waals surface area contributed by atoms with Crippen molar-refractivity contribution in [3.05, 3.63) is 59.4 Å². The van der Waals surface area contributed by atoms with Gasteiger partial charge in [-0.15, -0.1) is 0 Å². The van der Waals surface area contributed by atoms with Gasteiger partial charge in [0.1, 0.15) is 5.82 Å². The van der Waals surface area contributed by atoms with Crippen molar-refractivity contribution in [1.82, 2.24) is 0 Å². The van der Waals surface area contributed by atoms with Crippen LogP contribution in [0.15, 0.2) is 42.5 Å². The Morgan fingerprint density at radius 3 is 2.19 bits per heavy atom. The van der Waals surface area contributed by atoms with Crippen molar-refractivity contribution < 1.29 is 27.2 Å². The lowest BCUT2D eigenvalue weighted by Gasteiger charge is -2.16. The van der Waals surface area contributed by atoms with Gasteiger partial charge in [-0.25, -0.2) is 4.39 Å². The van der Waals surface area contributed by atoms with E-state index in [1.165, 1.54) is 18.2 Å². The van der Waals surface area contributed by atoms with Crippen molar-refractivity contribution in [1.29, 1.82) is 0 Å². The molecule has 0 atom stereocenters. The monoisotopic (exact) mass is 366 g/mol. The van der Waals surface area contributed by atoms with Crippen LogP contribution < -0.4 is 10.6 Å². The number of halogens is 4. The number of alkyl halides is 3. The fourth-order valence-corrected chi connectivity index (χ4v) is 2.35. The van der Waals surface area contributed by atoms with E-state index in [1.54, 1.807) is 0 Å². The van der Waals surface area contributed by atoms with Gasteiger partial charge in [-0.2, -0.15) is 13.2 Å². The first-order valence-electron chi connectivity index (χ1n) is 7.83. The van der Waals surface area contributed by atoms with Crippen LogP contribution >= 0.6 is 0 Å². The van der Waals surface area contributed by atoms with Crippen LogP contribution in [-0.2, 0) is 11.0 Å². The molecule has 1 saturated carbocycles. The Bertz CT molecular complexity index is 843. The maximum atomic E-state index is 13.3. The molecule has 2 aromatic rings. The van der Waals surface area contributed by atoms with Crippen molar-refractivity contribution in [3.8, 4) is 0 Å². The third-order valence-electron chi connectivity index (χ3n) is 3.90. The predicted octanol–water partition coefficient (Wildman–Crippen LogP) is 4.45. The van der Waals surface area contributed by atoms with Crippen molar-refractivity contribution in [2.45, 2.75) is 19.0 Å². The Hall–Kier alpha value is -2.90. The SMILES string of the molecule is O=C(Nc1ccc(NC(=O)C2CC2)cc1C(F)(F)F)c1ccc(F)cc1. The summed E-state index contributed by atoms with van der Waals surface area (Å²) in [5.74, 6) is -1.83. The number of rotatable bonds is 4. The molecule has 1 aliphatic carbocycles. The van der Waals surface area contributed by atoms with Crippen LogP contribution in [0.1, 0.15) is 28.8 Å². The lowest BCUT2D eigenvalue weighted by atomic mass is 10.1. The summed E-state index contributed by atoms with van der Waals surface area (Å²) in [5.41, 5.74) is -1.50. The number of benzene rings is 2. The van der Waals surface area contributed by atoms with Crippen molar-refractivity contribution in [2.75, 3.05) is 10.6 Å². The summed E-state index contributed by atoms with van der Waals surface area (Å²) in [6.07, 6.45) is -3.28. The zero-order chi connectivity index (χ0) is 18.9. The number of anilines is 2. The number of carbonyl (C=O) groups excluding carboxylic acids is 2. The lowest BCUT2D eigenvalue weighted by molar-refractivity contribution is -0.137. The van der Waals surface area contributed by atoms with E-state index < -0.39 is 29.2 Å². The molecule has 26 heavy (non-hydrogen) atoms. The Kier molecular flexibility index (Phi) is 4.67. The third kappa shape index (κ3) is 4.19. The Labute approximate surface area is 146 Å². The van der Waals surface area contributed by atoms with E-state index in [1.807, 2.05) is 0 Å². The summed E-state index contributed by atoms with van der Waals surface area (Å²) in [7, 11) is 0. The predicted molar refractivity (Wildman–Crippen MR) is 87.2 cm³/mol. The zero-order valence-corrected chi connectivity index (χ0v) is 13.4. The Morgan fingerprint density at radius 2 is 1.62 bits per heavy atom. The molecule has 136 valence electrons. The molecular weight excluding hydrogens is 352 g/mol. The van der Waals surface area contributed by atoms with Crippen molar-refractivity contribution >= 4 is 23.2 Å². The molecule has 0 aliphatic heterocycles. The highest BCUT2D eigenvalue weighted by Crippen LogP contribution is 2.37. The molecule has 0 radical (unpaired) electrons. The minimum Gasteiger partial charge on any atom is -0.326 e. The summed E-state index contributed by atoms with van der Waals surface area (Å²) < 4.78 is 52.9. The van der Waals surface area contributed by atoms with E-state index in [-0.39, 0.29) is 23.1 Å². The minimum absolute atomic E-state index is 0.00834. The first kappa shape index (κ1) is 17.9. The first-order valence-corrected chi connectivity index (χ1v) is 7.83. The van der Waals surface area contributed by atoms with Crippen LogP contribution in [-0.4, -0.2) is 11.8 Å². The van der Waals surface area contributed by atoms with E-state index >= 15 is 0 Å². The molecular formula is C18H14F4N2O2. The summed E-state index contributed by atoms with van der Waals surface area (Å²) in [4.78, 5) is 23.8. The fourth-order valence-electron chi connectivity index (χ4n) is 2.35. The van der Waals surface area contributed by atoms with Crippen molar-refractivity contribution in [2.24, 2.45) is 5.92 Å². The van der Waals surface area contributed by atoms with Gasteiger partial charge in [-0.05, 0) is 55.3 Å². The molecule has 0 spiro atoms. The van der Waals surface area contributed by atoms with E-state index in [2.05, 4.69) is 10.6 Å². The Morgan fingerprint density at radius 1 is 0.962 bits per heavy atom. The smallest absolute Gasteiger partial charge is 0.326 e. The van der Waals surface area contributed by atoms with E-state index in [4.69, 9.17) is 0 Å². The molecule has 3 rings (SSSR count). The standard InChI is InChI=1S/C18H14F4N2O2/c19-12-5-3-11(4-6-12)17(26)24-15-8-7-13(9-14(15)18(20,21)22)23-16(25)10-1-2-10/h3-10H,1-2H2,(H,23,25)(H,24,26). The zero-order valence-electron chi connectivity index (χ0n) is 13.4. The molecule has 2 amide bonds. The quantitative estimate of drug-likeness (QED) is 0.786. The van der Waals surface area contributed by atoms with Crippen LogP contribution in [0.5, 0.6) is 0 Å². The normalized spacial score (nSPS) is 14.0. The van der Waals surface area contributed by atoms with Gasteiger partial charge in [0.2, 0.25) is 5.91 Å². The minimum atomic E-state index is -4.73. The molecule has 0 saturated heterocycles. The van der Waals surface area contributed by atoms with Crippen LogP contribution in [0.4, 0.5) is 28.9 Å². The molecule has 0 aromatic heterocycles. The maximum absolute atomic E-state index is 13.3. The van der Waals surface area contributed by atoms with Gasteiger partial charge in [0.25, 0.3) is 5.91 Å². The van der Waals surface area contributed by atoms with Gasteiger partial charge in [0.05, 0.1) is 11.3 Å². The van der Waals surface area contributed by atoms with Gasteiger partial charge in [-0.3, -0.25) is 9.59 Å². The topological polar surface area (TPSA) is 58.2 Å². The highest BCUT2D eigenvalue weighted by Gasteiger charge is 2.35. The van der Waals surface area contributed by atoms with Crippen LogP contribution in [0.25, 0.3) is 0 Å². The highest BCUT2D eigenvalue weighted by atomic mass is 19.4. The maximum Gasteiger partial charge on any atom is 0.418 e. The number of hydrogen-bond donors (Lipinski definition) is 2. The van der Waals surface area contributed by atoms with Crippen LogP contribution in [0.2, 0.25) is 0 Å². The van der Waals surface area contributed by atoms with Crippen molar-refractivity contribution in [3.63, 3.8) is 0 Å². The largest absolute Gasteiger partial charge is 0.418 e. The summed E-state index contributed by atoms with van der Waals surface area (Å²) >= 11 is 0. The molecule has 0 unspecified atom stereocenters. The third-order valence-corrected chi connectivity index (χ3v) is 3.90. The number of nitrogens with one attached hydrogen (secondary N) is 2. The summed E-state index contributed by atoms with van der Waals surface area (Å²) in [5, 5.41) is 4.62. The highest BCUT2D eigenvalue weighted by molar-refractivity contribution is 6.05. The average molecular weight is 366 g/mol. The van der Waals surface area contributed by atoms with Gasteiger partial charge in [0, 0.05) is 17.2 Å². The van der Waals surface area contributed by atoms with Crippen LogP contribution in [0.3, 0.4) is 0 Å². The first-order chi connectivity index (χ1) is 12.2. The van der Waals surface area contributed by atoms with Gasteiger partial charge >= 0.3 is 6.18 Å². The molecule has 0 heterocycles. The molecule has 2 N–H and O–H groups in total. The van der Waals surface area contributed by atoms with E-state index in [0.29, 0.717) is 0 Å². The number of amides is 2. The average Bonchev–Trinajstić information content (AvgIpc) is 3.41. The second-order valence-electron chi connectivity index (χ2n) is 5.98. The van der Waals surface area contributed by atoms with Gasteiger partial charge in [0.15, 0.2) is 0 Å². The van der Waals surface area contributed by atoms with Crippen LogP contribution in [0, 0.1) is 11.7 Å². The van der Waals surface area contributed by atoms with E-state index in [9.17, 15) is 27.2 Å². The van der Waals surface area contributed by atoms with Gasteiger partial charge in [-0.1, -0.05) is 0 Å². The molecule has 1 fully saturated rings. The summed E-state index contributed by atoms with van der Waals surface area (Å²) in [6, 6.07) is 7.56. The molecule has 8 heteroatoms. The second kappa shape index (κ2) is 6.78. The molecule has 2 aromatic carbocycles. The Balaban J connectivity index is 1.84. The lowest BCUT2D eigenvalue weighted by Crippen LogP contribution is -2.18. The molecule has 4 nitrogen and oxygen atoms in total. The second-order valence-corrected chi connectivity index (χ2v) is 5.98. The molecule has 1 aliphatic rings.